The van der Waals surface area contributed by atoms with Gasteiger partial charge in [0, 0.05) is 37.6 Å². The predicted molar refractivity (Wildman–Crippen MR) is 91.6 cm³/mol. The van der Waals surface area contributed by atoms with E-state index in [1.54, 1.807) is 11.3 Å². The molecule has 1 aliphatic heterocycles. The van der Waals surface area contributed by atoms with E-state index >= 15 is 0 Å². The summed E-state index contributed by atoms with van der Waals surface area (Å²) in [4.78, 5) is 18.4. The topological polar surface area (TPSA) is 35.6 Å². The smallest absolute Gasteiger partial charge is 0.242 e. The molecule has 1 aromatic heterocycles. The number of rotatable bonds is 5. The van der Waals surface area contributed by atoms with Crippen LogP contribution in [0.5, 0.6) is 0 Å². The molecule has 0 aliphatic carbocycles. The van der Waals surface area contributed by atoms with Gasteiger partial charge in [0.25, 0.3) is 0 Å². The minimum atomic E-state index is -0.438. The molecule has 2 rings (SSSR count). The van der Waals surface area contributed by atoms with Crippen molar-refractivity contribution in [3.8, 4) is 0 Å². The van der Waals surface area contributed by atoms with Crippen molar-refractivity contribution in [2.24, 2.45) is 0 Å². The van der Waals surface area contributed by atoms with Crippen molar-refractivity contribution in [2.75, 3.05) is 32.7 Å². The summed E-state index contributed by atoms with van der Waals surface area (Å²) in [6.07, 6.45) is 0. The fraction of sp³-hybridized carbons (Fsp3) is 0.667. The monoisotopic (exact) mass is 373 g/mol. The average Bonchev–Trinajstić information content (AvgIpc) is 2.90. The first-order valence-electron chi connectivity index (χ1n) is 7.44. The zero-order valence-electron chi connectivity index (χ0n) is 13.0. The van der Waals surface area contributed by atoms with Gasteiger partial charge in [-0.15, -0.1) is 11.3 Å². The van der Waals surface area contributed by atoms with E-state index in [9.17, 15) is 4.79 Å². The molecule has 1 saturated heterocycles. The van der Waals surface area contributed by atoms with Crippen LogP contribution in [0.2, 0.25) is 0 Å². The van der Waals surface area contributed by atoms with Gasteiger partial charge >= 0.3 is 0 Å². The summed E-state index contributed by atoms with van der Waals surface area (Å²) < 4.78 is 1.11. The summed E-state index contributed by atoms with van der Waals surface area (Å²) in [6, 6.07) is 4.13. The molecule has 1 amide bonds. The van der Waals surface area contributed by atoms with Gasteiger partial charge in [-0.05, 0) is 48.8 Å². The van der Waals surface area contributed by atoms with E-state index in [4.69, 9.17) is 0 Å². The van der Waals surface area contributed by atoms with Crippen molar-refractivity contribution in [3.05, 3.63) is 20.8 Å². The maximum absolute atomic E-state index is 13.0. The molecule has 1 fully saturated rings. The van der Waals surface area contributed by atoms with Crippen LogP contribution in [-0.4, -0.2) is 54.0 Å². The molecule has 4 nitrogen and oxygen atoms in total. The summed E-state index contributed by atoms with van der Waals surface area (Å²) in [5.41, 5.74) is -0.438. The van der Waals surface area contributed by atoms with Crippen molar-refractivity contribution >= 4 is 33.2 Å². The molecule has 0 atom stereocenters. The van der Waals surface area contributed by atoms with Gasteiger partial charge in [-0.3, -0.25) is 9.69 Å². The first kappa shape index (κ1) is 16.9. The number of hydrogen-bond donors (Lipinski definition) is 1. The predicted octanol–water partition coefficient (Wildman–Crippen LogP) is 2.54. The van der Waals surface area contributed by atoms with Gasteiger partial charge in [0.05, 0.1) is 15.9 Å². The highest BCUT2D eigenvalue weighted by atomic mass is 79.9. The van der Waals surface area contributed by atoms with Gasteiger partial charge in [0.1, 0.15) is 0 Å². The second kappa shape index (κ2) is 7.22. The minimum Gasteiger partial charge on any atom is -0.336 e. The van der Waals surface area contributed by atoms with Crippen LogP contribution in [0.3, 0.4) is 0 Å². The highest BCUT2D eigenvalue weighted by molar-refractivity contribution is 9.11. The number of amides is 1. The molecule has 0 aromatic carbocycles. The summed E-state index contributed by atoms with van der Waals surface area (Å²) in [7, 11) is 0. The highest BCUT2D eigenvalue weighted by Crippen LogP contribution is 2.25. The molecule has 0 spiro atoms. The van der Waals surface area contributed by atoms with Crippen molar-refractivity contribution in [3.63, 3.8) is 0 Å². The third-order valence-corrected chi connectivity index (χ3v) is 5.68. The van der Waals surface area contributed by atoms with Gasteiger partial charge in [0.15, 0.2) is 0 Å². The first-order chi connectivity index (χ1) is 9.95. The van der Waals surface area contributed by atoms with E-state index in [2.05, 4.69) is 32.2 Å². The normalized spacial score (nSPS) is 17.0. The molecular weight excluding hydrogens is 350 g/mol. The minimum absolute atomic E-state index is 0.219. The van der Waals surface area contributed by atoms with Crippen molar-refractivity contribution in [2.45, 2.75) is 32.9 Å². The summed E-state index contributed by atoms with van der Waals surface area (Å²) in [6.45, 7) is 11.4. The maximum atomic E-state index is 13.0. The lowest BCUT2D eigenvalue weighted by Gasteiger charge is -2.42. The Bertz CT molecular complexity index is 483. The average molecular weight is 374 g/mol. The van der Waals surface area contributed by atoms with Crippen LogP contribution in [0.4, 0.5) is 0 Å². The van der Waals surface area contributed by atoms with Gasteiger partial charge < -0.3 is 10.2 Å². The van der Waals surface area contributed by atoms with Crippen molar-refractivity contribution in [1.82, 2.24) is 15.1 Å². The number of hydrogen-bond acceptors (Lipinski definition) is 4. The van der Waals surface area contributed by atoms with Crippen molar-refractivity contribution < 1.29 is 4.79 Å². The molecule has 0 saturated carbocycles. The molecule has 0 unspecified atom stereocenters. The fourth-order valence-corrected chi connectivity index (χ4v) is 4.20. The van der Waals surface area contributed by atoms with E-state index in [0.29, 0.717) is 6.54 Å². The zero-order valence-corrected chi connectivity index (χ0v) is 15.4. The number of carbonyl (C=O) groups is 1. The quantitative estimate of drug-likeness (QED) is 0.861. The second-order valence-electron chi connectivity index (χ2n) is 5.82. The van der Waals surface area contributed by atoms with Crippen molar-refractivity contribution in [1.29, 1.82) is 0 Å². The Balaban J connectivity index is 2.07. The van der Waals surface area contributed by atoms with Crippen LogP contribution in [0.25, 0.3) is 0 Å². The zero-order chi connectivity index (χ0) is 15.5. The first-order valence-corrected chi connectivity index (χ1v) is 9.05. The molecule has 0 bridgehead atoms. The molecule has 6 heteroatoms. The number of nitrogens with zero attached hydrogens (tertiary/aromatic N) is 2. The van der Waals surface area contributed by atoms with Gasteiger partial charge in [-0.1, -0.05) is 0 Å². The highest BCUT2D eigenvalue weighted by Gasteiger charge is 2.37. The Morgan fingerprint density at radius 1 is 1.43 bits per heavy atom. The fourth-order valence-electron chi connectivity index (χ4n) is 2.70. The van der Waals surface area contributed by atoms with E-state index in [0.717, 1.165) is 36.5 Å². The van der Waals surface area contributed by atoms with E-state index in [1.165, 1.54) is 4.88 Å². The number of piperazine rings is 1. The van der Waals surface area contributed by atoms with E-state index < -0.39 is 5.54 Å². The number of halogens is 1. The van der Waals surface area contributed by atoms with Gasteiger partial charge in [-0.25, -0.2) is 0 Å². The largest absolute Gasteiger partial charge is 0.336 e. The molecular formula is C15H24BrN3OS. The Labute approximate surface area is 139 Å². The van der Waals surface area contributed by atoms with Crippen LogP contribution in [0, 0.1) is 0 Å². The molecule has 2 heterocycles. The van der Waals surface area contributed by atoms with Gasteiger partial charge in [0.2, 0.25) is 5.91 Å². The molecule has 1 aliphatic rings. The second-order valence-corrected chi connectivity index (χ2v) is 8.37. The Kier molecular flexibility index (Phi) is 5.82. The molecule has 21 heavy (non-hydrogen) atoms. The number of likely N-dealkylation sites (N-methyl/N-ethyl adjacent to an activating group) is 1. The Morgan fingerprint density at radius 2 is 2.10 bits per heavy atom. The summed E-state index contributed by atoms with van der Waals surface area (Å²) in [5, 5.41) is 3.34. The third-order valence-electron chi connectivity index (χ3n) is 4.08. The van der Waals surface area contributed by atoms with E-state index in [-0.39, 0.29) is 5.91 Å². The van der Waals surface area contributed by atoms with Crippen LogP contribution in [0.1, 0.15) is 25.6 Å². The van der Waals surface area contributed by atoms with Crippen LogP contribution >= 0.6 is 27.3 Å². The third kappa shape index (κ3) is 4.06. The van der Waals surface area contributed by atoms with Crippen LogP contribution < -0.4 is 5.32 Å². The lowest BCUT2D eigenvalue weighted by molar-refractivity contribution is -0.143. The van der Waals surface area contributed by atoms with E-state index in [1.807, 2.05) is 31.7 Å². The standard InChI is InChI=1S/C15H24BrN3OS/c1-4-18(11-12-5-6-13(16)21-12)14(20)15(2,3)19-9-7-17-8-10-19/h5-6,17H,4,7-11H2,1-3H3. The summed E-state index contributed by atoms with van der Waals surface area (Å²) >= 11 is 5.18. The summed E-state index contributed by atoms with van der Waals surface area (Å²) in [5.74, 6) is 0.219. The number of thiophene rings is 1. The number of nitrogens with one attached hydrogen (secondary N) is 1. The Hall–Kier alpha value is -0.430. The van der Waals surface area contributed by atoms with Gasteiger partial charge in [-0.2, -0.15) is 0 Å². The molecule has 118 valence electrons. The molecule has 1 aromatic rings. The molecule has 0 radical (unpaired) electrons. The van der Waals surface area contributed by atoms with Crippen LogP contribution in [0.15, 0.2) is 15.9 Å². The lowest BCUT2D eigenvalue weighted by Crippen LogP contribution is -2.60. The molecule has 1 N–H and O–H groups in total. The lowest BCUT2D eigenvalue weighted by atomic mass is 9.99. The Morgan fingerprint density at radius 3 is 2.62 bits per heavy atom. The number of carbonyl (C=O) groups excluding carboxylic acids is 1. The maximum Gasteiger partial charge on any atom is 0.242 e. The van der Waals surface area contributed by atoms with Crippen LogP contribution in [-0.2, 0) is 11.3 Å². The SMILES string of the molecule is CCN(Cc1ccc(Br)s1)C(=O)C(C)(C)N1CCNCC1.